The van der Waals surface area contributed by atoms with Crippen LogP contribution in [0.2, 0.25) is 0 Å². The molecule has 3 rings (SSSR count). The number of carboxylic acid groups (broad SMARTS) is 1. The zero-order valence-electron chi connectivity index (χ0n) is 10.5. The molecule has 2 N–H and O–H groups in total. The number of H-pyrrole nitrogens is 1. The molecular weight excluding hydrogens is 244 g/mol. The second-order valence-electron chi connectivity index (χ2n) is 4.39. The SMILES string of the molecule is Cc1nc2ccc(-c3cc(C(=O)O)[nH]n3)cc2n1C. The normalized spacial score (nSPS) is 11.1. The fraction of sp³-hybridized carbons (Fsp3) is 0.154. The molecule has 2 aromatic heterocycles. The molecule has 0 fully saturated rings. The van der Waals surface area contributed by atoms with Gasteiger partial charge < -0.3 is 9.67 Å². The van der Waals surface area contributed by atoms with Crippen molar-refractivity contribution in [3.05, 3.63) is 35.8 Å². The Labute approximate surface area is 108 Å². The highest BCUT2D eigenvalue weighted by molar-refractivity contribution is 5.88. The summed E-state index contributed by atoms with van der Waals surface area (Å²) < 4.78 is 1.99. The van der Waals surface area contributed by atoms with E-state index in [1.807, 2.05) is 36.7 Å². The van der Waals surface area contributed by atoms with Gasteiger partial charge in [-0.3, -0.25) is 5.10 Å². The molecule has 19 heavy (non-hydrogen) atoms. The molecular formula is C13H12N4O2. The zero-order valence-corrected chi connectivity index (χ0v) is 10.5. The molecule has 0 aliphatic rings. The van der Waals surface area contributed by atoms with Crippen LogP contribution in [0.25, 0.3) is 22.3 Å². The van der Waals surface area contributed by atoms with Gasteiger partial charge in [0.2, 0.25) is 0 Å². The molecule has 6 nitrogen and oxygen atoms in total. The van der Waals surface area contributed by atoms with Gasteiger partial charge in [0, 0.05) is 12.6 Å². The molecule has 0 aliphatic carbocycles. The summed E-state index contributed by atoms with van der Waals surface area (Å²) in [5, 5.41) is 15.4. The first-order valence-corrected chi connectivity index (χ1v) is 5.78. The standard InChI is InChI=1S/C13H12N4O2/c1-7-14-9-4-3-8(5-12(9)17(7)2)10-6-11(13(18)19)16-15-10/h3-6H,1-2H3,(H,15,16)(H,18,19). The number of hydrogen-bond acceptors (Lipinski definition) is 3. The number of nitrogens with zero attached hydrogens (tertiary/aromatic N) is 3. The summed E-state index contributed by atoms with van der Waals surface area (Å²) in [5.74, 6) is -0.0865. The van der Waals surface area contributed by atoms with E-state index in [-0.39, 0.29) is 5.69 Å². The molecule has 0 radical (unpaired) electrons. The number of rotatable bonds is 2. The summed E-state index contributed by atoms with van der Waals surface area (Å²) in [6.07, 6.45) is 0. The van der Waals surface area contributed by atoms with Gasteiger partial charge in [-0.05, 0) is 25.1 Å². The summed E-state index contributed by atoms with van der Waals surface area (Å²) >= 11 is 0. The average Bonchev–Trinajstić information content (AvgIpc) is 2.96. The highest BCUT2D eigenvalue weighted by atomic mass is 16.4. The number of fused-ring (bicyclic) bond motifs is 1. The molecule has 0 aliphatic heterocycles. The molecule has 3 aromatic rings. The second-order valence-corrected chi connectivity index (χ2v) is 4.39. The molecule has 0 amide bonds. The van der Waals surface area contributed by atoms with E-state index in [1.54, 1.807) is 0 Å². The van der Waals surface area contributed by atoms with Crippen LogP contribution in [-0.4, -0.2) is 30.8 Å². The predicted octanol–water partition coefficient (Wildman–Crippen LogP) is 1.97. The Morgan fingerprint density at radius 1 is 1.37 bits per heavy atom. The average molecular weight is 256 g/mol. The lowest BCUT2D eigenvalue weighted by Gasteiger charge is -1.99. The number of carbonyl (C=O) groups is 1. The Bertz CT molecular complexity index is 785. The van der Waals surface area contributed by atoms with Gasteiger partial charge in [-0.1, -0.05) is 6.07 Å². The number of nitrogens with one attached hydrogen (secondary N) is 1. The van der Waals surface area contributed by atoms with Crippen molar-refractivity contribution in [3.8, 4) is 11.3 Å². The number of aromatic carboxylic acids is 1. The van der Waals surface area contributed by atoms with Crippen molar-refractivity contribution < 1.29 is 9.90 Å². The van der Waals surface area contributed by atoms with Crippen molar-refractivity contribution in [1.29, 1.82) is 0 Å². The van der Waals surface area contributed by atoms with Crippen LogP contribution in [-0.2, 0) is 7.05 Å². The minimum absolute atomic E-state index is 0.0799. The van der Waals surface area contributed by atoms with Crippen LogP contribution in [0, 0.1) is 6.92 Å². The molecule has 0 saturated carbocycles. The fourth-order valence-electron chi connectivity index (χ4n) is 2.05. The van der Waals surface area contributed by atoms with Crippen LogP contribution in [0.4, 0.5) is 0 Å². The van der Waals surface area contributed by atoms with Crippen molar-refractivity contribution in [2.24, 2.45) is 7.05 Å². The third-order valence-electron chi connectivity index (χ3n) is 3.21. The van der Waals surface area contributed by atoms with Gasteiger partial charge in [-0.2, -0.15) is 5.10 Å². The molecule has 1 aromatic carbocycles. The summed E-state index contributed by atoms with van der Waals surface area (Å²) in [5.41, 5.74) is 3.46. The van der Waals surface area contributed by atoms with E-state index in [1.165, 1.54) is 6.07 Å². The van der Waals surface area contributed by atoms with Crippen molar-refractivity contribution in [2.75, 3.05) is 0 Å². The fourth-order valence-corrected chi connectivity index (χ4v) is 2.05. The minimum atomic E-state index is -1.02. The maximum Gasteiger partial charge on any atom is 0.353 e. The Kier molecular flexibility index (Phi) is 2.38. The molecule has 0 spiro atoms. The van der Waals surface area contributed by atoms with Gasteiger partial charge >= 0.3 is 5.97 Å². The van der Waals surface area contributed by atoms with Crippen molar-refractivity contribution in [3.63, 3.8) is 0 Å². The zero-order chi connectivity index (χ0) is 13.6. The maximum atomic E-state index is 10.8. The number of aromatic nitrogens is 4. The lowest BCUT2D eigenvalue weighted by Crippen LogP contribution is -1.95. The van der Waals surface area contributed by atoms with E-state index in [2.05, 4.69) is 15.2 Å². The van der Waals surface area contributed by atoms with Crippen molar-refractivity contribution in [1.82, 2.24) is 19.7 Å². The van der Waals surface area contributed by atoms with Crippen LogP contribution in [0.15, 0.2) is 24.3 Å². The largest absolute Gasteiger partial charge is 0.477 e. The topological polar surface area (TPSA) is 83.8 Å². The third-order valence-corrected chi connectivity index (χ3v) is 3.21. The molecule has 0 atom stereocenters. The van der Waals surface area contributed by atoms with E-state index in [0.717, 1.165) is 22.4 Å². The molecule has 0 unspecified atom stereocenters. The van der Waals surface area contributed by atoms with E-state index >= 15 is 0 Å². The second kappa shape index (κ2) is 3.94. The first-order valence-electron chi connectivity index (χ1n) is 5.78. The van der Waals surface area contributed by atoms with E-state index in [9.17, 15) is 4.79 Å². The quantitative estimate of drug-likeness (QED) is 0.734. The van der Waals surface area contributed by atoms with Gasteiger partial charge in [0.1, 0.15) is 11.5 Å². The Hall–Kier alpha value is -2.63. The Morgan fingerprint density at radius 3 is 2.84 bits per heavy atom. The number of aromatic amines is 1. The van der Waals surface area contributed by atoms with E-state index in [0.29, 0.717) is 5.69 Å². The summed E-state index contributed by atoms with van der Waals surface area (Å²) in [7, 11) is 1.95. The maximum absolute atomic E-state index is 10.8. The Balaban J connectivity index is 2.14. The highest BCUT2D eigenvalue weighted by Gasteiger charge is 2.11. The monoisotopic (exact) mass is 256 g/mol. The van der Waals surface area contributed by atoms with Crippen molar-refractivity contribution >= 4 is 17.0 Å². The first kappa shape index (κ1) is 11.5. The van der Waals surface area contributed by atoms with Gasteiger partial charge in [0.15, 0.2) is 0 Å². The molecule has 2 heterocycles. The summed E-state index contributed by atoms with van der Waals surface area (Å²) in [6.45, 7) is 1.94. The lowest BCUT2D eigenvalue weighted by atomic mass is 10.1. The van der Waals surface area contributed by atoms with Crippen LogP contribution in [0.5, 0.6) is 0 Å². The first-order chi connectivity index (χ1) is 9.06. The van der Waals surface area contributed by atoms with Crippen LogP contribution >= 0.6 is 0 Å². The number of imidazole rings is 1. The number of carboxylic acids is 1. The highest BCUT2D eigenvalue weighted by Crippen LogP contribution is 2.23. The van der Waals surface area contributed by atoms with Crippen molar-refractivity contribution in [2.45, 2.75) is 6.92 Å². The third kappa shape index (κ3) is 1.77. The molecule has 0 bridgehead atoms. The molecule has 96 valence electrons. The Morgan fingerprint density at radius 2 is 2.16 bits per heavy atom. The lowest BCUT2D eigenvalue weighted by molar-refractivity contribution is 0.0690. The number of benzene rings is 1. The van der Waals surface area contributed by atoms with Gasteiger partial charge in [-0.15, -0.1) is 0 Å². The van der Waals surface area contributed by atoms with Gasteiger partial charge in [-0.25, -0.2) is 9.78 Å². The molecule has 6 heteroatoms. The number of hydrogen-bond donors (Lipinski definition) is 2. The van der Waals surface area contributed by atoms with E-state index in [4.69, 9.17) is 5.11 Å². The van der Waals surface area contributed by atoms with Gasteiger partial charge in [0.25, 0.3) is 0 Å². The smallest absolute Gasteiger partial charge is 0.353 e. The number of aryl methyl sites for hydroxylation is 2. The van der Waals surface area contributed by atoms with Crippen LogP contribution in [0.3, 0.4) is 0 Å². The predicted molar refractivity (Wildman–Crippen MR) is 70.0 cm³/mol. The summed E-state index contributed by atoms with van der Waals surface area (Å²) in [4.78, 5) is 15.3. The summed E-state index contributed by atoms with van der Waals surface area (Å²) in [6, 6.07) is 7.27. The molecule has 0 saturated heterocycles. The van der Waals surface area contributed by atoms with Crippen LogP contribution in [0.1, 0.15) is 16.3 Å². The van der Waals surface area contributed by atoms with Gasteiger partial charge in [0.05, 0.1) is 16.7 Å². The van der Waals surface area contributed by atoms with E-state index < -0.39 is 5.97 Å². The minimum Gasteiger partial charge on any atom is -0.477 e. The van der Waals surface area contributed by atoms with Crippen LogP contribution < -0.4 is 0 Å².